The zero-order valence-electron chi connectivity index (χ0n) is 9.12. The summed E-state index contributed by atoms with van der Waals surface area (Å²) in [5.41, 5.74) is 3.66. The Balaban J connectivity index is 2.62. The van der Waals surface area contributed by atoms with Gasteiger partial charge in [0, 0.05) is 5.56 Å². The molecule has 0 aliphatic carbocycles. The third-order valence-electron chi connectivity index (χ3n) is 2.33. The van der Waals surface area contributed by atoms with E-state index in [1.807, 2.05) is 0 Å². The molecule has 0 unspecified atom stereocenters. The van der Waals surface area contributed by atoms with E-state index in [0.29, 0.717) is 0 Å². The van der Waals surface area contributed by atoms with Gasteiger partial charge in [0.05, 0.1) is 10.6 Å². The van der Waals surface area contributed by atoms with E-state index < -0.39 is 17.6 Å². The first-order valence-corrected chi connectivity index (χ1v) is 5.26. The molecular formula is C10H6ClF3N4O. The number of hydrogen-bond donors (Lipinski definition) is 2. The van der Waals surface area contributed by atoms with Crippen molar-refractivity contribution in [1.29, 1.82) is 0 Å². The van der Waals surface area contributed by atoms with Crippen LogP contribution in [0.1, 0.15) is 16.1 Å². The summed E-state index contributed by atoms with van der Waals surface area (Å²) in [6, 6.07) is 2.68. The fourth-order valence-corrected chi connectivity index (χ4v) is 1.68. The molecule has 0 saturated carbocycles. The number of aromatic nitrogens is 3. The number of nitrogens with two attached hydrogens (primary N) is 1. The summed E-state index contributed by atoms with van der Waals surface area (Å²) >= 11 is 5.81. The number of aromatic amines is 1. The molecule has 0 saturated heterocycles. The third kappa shape index (κ3) is 2.53. The van der Waals surface area contributed by atoms with Crippen molar-refractivity contribution in [1.82, 2.24) is 15.4 Å². The highest BCUT2D eigenvalue weighted by Crippen LogP contribution is 2.35. The second-order valence-electron chi connectivity index (χ2n) is 3.58. The predicted octanol–water partition coefficient (Wildman–Crippen LogP) is 2.24. The fourth-order valence-electron chi connectivity index (χ4n) is 1.47. The fraction of sp³-hybridized carbons (Fsp3) is 0.100. The van der Waals surface area contributed by atoms with Gasteiger partial charge in [-0.05, 0) is 18.2 Å². The number of hydrogen-bond acceptors (Lipinski definition) is 3. The summed E-state index contributed by atoms with van der Waals surface area (Å²) in [7, 11) is 0. The van der Waals surface area contributed by atoms with Gasteiger partial charge in [-0.15, -0.1) is 0 Å². The number of H-pyrrole nitrogens is 1. The molecule has 1 amide bonds. The molecule has 5 nitrogen and oxygen atoms in total. The van der Waals surface area contributed by atoms with Crippen LogP contribution in [0.4, 0.5) is 13.2 Å². The molecule has 0 aliphatic heterocycles. The van der Waals surface area contributed by atoms with E-state index in [1.54, 1.807) is 0 Å². The highest BCUT2D eigenvalue weighted by atomic mass is 35.5. The zero-order chi connectivity index (χ0) is 14.2. The number of alkyl halides is 3. The van der Waals surface area contributed by atoms with Crippen LogP contribution in [-0.2, 0) is 6.18 Å². The maximum atomic E-state index is 12.6. The number of amides is 1. The number of rotatable bonds is 2. The SMILES string of the molecule is NC(=O)c1n[nH]nc1-c1cc(C(F)(F)F)ccc1Cl. The first-order valence-electron chi connectivity index (χ1n) is 4.88. The van der Waals surface area contributed by atoms with E-state index in [-0.39, 0.29) is 22.0 Å². The molecule has 0 spiro atoms. The number of benzene rings is 1. The van der Waals surface area contributed by atoms with E-state index in [2.05, 4.69) is 15.4 Å². The Morgan fingerprint density at radius 1 is 1.32 bits per heavy atom. The highest BCUT2D eigenvalue weighted by molar-refractivity contribution is 6.33. The molecule has 0 fully saturated rings. The van der Waals surface area contributed by atoms with Crippen molar-refractivity contribution in [2.24, 2.45) is 5.73 Å². The number of carbonyl (C=O) groups is 1. The monoisotopic (exact) mass is 290 g/mol. The van der Waals surface area contributed by atoms with Gasteiger partial charge in [0.2, 0.25) is 0 Å². The average molecular weight is 291 g/mol. The lowest BCUT2D eigenvalue weighted by Gasteiger charge is -2.09. The first-order chi connectivity index (χ1) is 8.80. The smallest absolute Gasteiger partial charge is 0.364 e. The number of halogens is 4. The zero-order valence-corrected chi connectivity index (χ0v) is 9.88. The molecule has 19 heavy (non-hydrogen) atoms. The van der Waals surface area contributed by atoms with Crippen molar-refractivity contribution >= 4 is 17.5 Å². The maximum absolute atomic E-state index is 12.6. The van der Waals surface area contributed by atoms with Crippen LogP contribution >= 0.6 is 11.6 Å². The van der Waals surface area contributed by atoms with Crippen LogP contribution in [0.25, 0.3) is 11.3 Å². The predicted molar refractivity (Wildman–Crippen MR) is 60.3 cm³/mol. The van der Waals surface area contributed by atoms with Crippen LogP contribution in [0.3, 0.4) is 0 Å². The molecule has 2 aromatic rings. The minimum absolute atomic E-state index is 0.00407. The van der Waals surface area contributed by atoms with Gasteiger partial charge in [-0.2, -0.15) is 28.6 Å². The topological polar surface area (TPSA) is 84.7 Å². The minimum atomic E-state index is -4.53. The molecule has 1 heterocycles. The first kappa shape index (κ1) is 13.3. The number of carbonyl (C=O) groups excluding carboxylic acids is 1. The lowest BCUT2D eigenvalue weighted by Crippen LogP contribution is -2.13. The van der Waals surface area contributed by atoms with Crippen molar-refractivity contribution in [3.63, 3.8) is 0 Å². The van der Waals surface area contributed by atoms with Crippen LogP contribution < -0.4 is 5.73 Å². The van der Waals surface area contributed by atoms with E-state index in [9.17, 15) is 18.0 Å². The second kappa shape index (κ2) is 4.54. The molecule has 0 aliphatic rings. The van der Waals surface area contributed by atoms with Crippen LogP contribution in [0.15, 0.2) is 18.2 Å². The number of nitrogens with zero attached hydrogens (tertiary/aromatic N) is 2. The Morgan fingerprint density at radius 3 is 2.58 bits per heavy atom. The summed E-state index contributed by atoms with van der Waals surface area (Å²) in [4.78, 5) is 11.1. The van der Waals surface area contributed by atoms with Crippen molar-refractivity contribution in [3.8, 4) is 11.3 Å². The van der Waals surface area contributed by atoms with Gasteiger partial charge < -0.3 is 5.73 Å². The Morgan fingerprint density at radius 2 is 2.00 bits per heavy atom. The summed E-state index contributed by atoms with van der Waals surface area (Å²) in [5.74, 6) is -0.919. The number of primary amides is 1. The molecule has 1 aromatic heterocycles. The molecule has 0 bridgehead atoms. The lowest BCUT2D eigenvalue weighted by molar-refractivity contribution is -0.137. The van der Waals surface area contributed by atoms with Crippen LogP contribution in [0, 0.1) is 0 Å². The minimum Gasteiger partial charge on any atom is -0.364 e. The van der Waals surface area contributed by atoms with Crippen LogP contribution in [-0.4, -0.2) is 21.3 Å². The van der Waals surface area contributed by atoms with Gasteiger partial charge in [-0.25, -0.2) is 0 Å². The van der Waals surface area contributed by atoms with Gasteiger partial charge in [-0.1, -0.05) is 11.6 Å². The van der Waals surface area contributed by atoms with Gasteiger partial charge in [0.25, 0.3) is 5.91 Å². The summed E-state index contributed by atoms with van der Waals surface area (Å²) in [6.07, 6.45) is -4.53. The molecule has 9 heteroatoms. The summed E-state index contributed by atoms with van der Waals surface area (Å²) < 4.78 is 37.9. The van der Waals surface area contributed by atoms with Gasteiger partial charge in [0.15, 0.2) is 5.69 Å². The molecule has 0 atom stereocenters. The molecule has 3 N–H and O–H groups in total. The van der Waals surface area contributed by atoms with Crippen molar-refractivity contribution in [2.75, 3.05) is 0 Å². The Bertz CT molecular complexity index is 638. The Labute approximate surface area is 109 Å². The largest absolute Gasteiger partial charge is 0.416 e. The lowest BCUT2D eigenvalue weighted by atomic mass is 10.1. The average Bonchev–Trinajstić information content (AvgIpc) is 2.76. The van der Waals surface area contributed by atoms with Crippen LogP contribution in [0.2, 0.25) is 5.02 Å². The van der Waals surface area contributed by atoms with E-state index in [0.717, 1.165) is 18.2 Å². The van der Waals surface area contributed by atoms with Crippen molar-refractivity contribution in [3.05, 3.63) is 34.5 Å². The standard InChI is InChI=1S/C10H6ClF3N4O/c11-6-2-1-4(10(12,13)14)3-5(6)7-8(9(15)19)17-18-16-7/h1-3H,(H2,15,19)(H,16,17,18). The molecular weight excluding hydrogens is 285 g/mol. The molecule has 1 aromatic carbocycles. The van der Waals surface area contributed by atoms with Gasteiger partial charge >= 0.3 is 6.18 Å². The molecule has 0 radical (unpaired) electrons. The molecule has 100 valence electrons. The maximum Gasteiger partial charge on any atom is 0.416 e. The quantitative estimate of drug-likeness (QED) is 0.889. The number of nitrogens with one attached hydrogen (secondary N) is 1. The summed E-state index contributed by atoms with van der Waals surface area (Å²) in [5, 5.41) is 9.20. The third-order valence-corrected chi connectivity index (χ3v) is 2.66. The Kier molecular flexibility index (Phi) is 3.19. The highest BCUT2D eigenvalue weighted by Gasteiger charge is 2.31. The van der Waals surface area contributed by atoms with Crippen molar-refractivity contribution in [2.45, 2.75) is 6.18 Å². The second-order valence-corrected chi connectivity index (χ2v) is 3.98. The van der Waals surface area contributed by atoms with E-state index in [4.69, 9.17) is 17.3 Å². The van der Waals surface area contributed by atoms with Crippen molar-refractivity contribution < 1.29 is 18.0 Å². The van der Waals surface area contributed by atoms with Crippen LogP contribution in [0.5, 0.6) is 0 Å². The molecule has 2 rings (SSSR count). The van der Waals surface area contributed by atoms with E-state index >= 15 is 0 Å². The summed E-state index contributed by atoms with van der Waals surface area (Å²) in [6.45, 7) is 0. The van der Waals surface area contributed by atoms with Gasteiger partial charge in [-0.3, -0.25) is 4.79 Å². The van der Waals surface area contributed by atoms with Gasteiger partial charge in [0.1, 0.15) is 5.69 Å². The Hall–Kier alpha value is -2.09. The normalized spacial score (nSPS) is 11.6. The van der Waals surface area contributed by atoms with E-state index in [1.165, 1.54) is 0 Å².